The summed E-state index contributed by atoms with van der Waals surface area (Å²) < 4.78 is 27.9. The molecule has 10 nitrogen and oxygen atoms in total. The first kappa shape index (κ1) is 37.7. The van der Waals surface area contributed by atoms with Crippen molar-refractivity contribution in [1.29, 1.82) is 4.78 Å². The summed E-state index contributed by atoms with van der Waals surface area (Å²) in [4.78, 5) is 35.1. The average molecular weight is 770 g/mol. The summed E-state index contributed by atoms with van der Waals surface area (Å²) in [6.07, 6.45) is 21.1. The Morgan fingerprint density at radius 3 is 2.62 bits per heavy atom. The summed E-state index contributed by atoms with van der Waals surface area (Å²) in [5.41, 5.74) is 3.13. The molecule has 298 valence electrons. The Balaban J connectivity index is 0.777. The minimum atomic E-state index is -2.84. The monoisotopic (exact) mass is 769 g/mol. The Labute approximate surface area is 328 Å². The van der Waals surface area contributed by atoms with Gasteiger partial charge in [-0.15, -0.1) is 0 Å². The number of ether oxygens (including phenoxy) is 1. The molecule has 4 heterocycles. The second kappa shape index (κ2) is 14.2. The van der Waals surface area contributed by atoms with Crippen molar-refractivity contribution in [2.24, 2.45) is 34.5 Å². The Morgan fingerprint density at radius 1 is 0.982 bits per heavy atom. The topological polar surface area (TPSA) is 128 Å². The van der Waals surface area contributed by atoms with Crippen molar-refractivity contribution >= 4 is 32.4 Å². The molecule has 0 amide bonds. The molecule has 1 saturated heterocycles. The maximum Gasteiger partial charge on any atom is 0.162 e. The maximum atomic E-state index is 13.2. The lowest BCUT2D eigenvalue weighted by Gasteiger charge is -2.60. The van der Waals surface area contributed by atoms with Crippen LogP contribution in [0.5, 0.6) is 0 Å². The van der Waals surface area contributed by atoms with E-state index in [0.29, 0.717) is 34.5 Å². The zero-order chi connectivity index (χ0) is 38.2. The average Bonchev–Trinajstić information content (AvgIpc) is 3.74. The number of fused-ring (bicyclic) bond motifs is 6. The predicted molar refractivity (Wildman–Crippen MR) is 218 cm³/mol. The summed E-state index contributed by atoms with van der Waals surface area (Å²) in [5, 5.41) is 0.960. The van der Waals surface area contributed by atoms with Crippen molar-refractivity contribution in [3.63, 3.8) is 0 Å². The number of rotatable bonds is 11. The van der Waals surface area contributed by atoms with Crippen molar-refractivity contribution in [2.75, 3.05) is 43.9 Å². The van der Waals surface area contributed by atoms with Gasteiger partial charge in [-0.05, 0) is 137 Å². The number of aromatic amines is 1. The zero-order valence-corrected chi connectivity index (χ0v) is 34.5. The van der Waals surface area contributed by atoms with Gasteiger partial charge in [0.1, 0.15) is 17.2 Å². The van der Waals surface area contributed by atoms with E-state index < -0.39 is 14.5 Å². The number of piperazine rings is 1. The molecule has 0 aromatic carbocycles. The number of ketones is 1. The SMILES string of the molecule is C[C@@H]1CN(CCCCCO[C@H]2CC[C@H]3[C@@H]4CC[C@H]5CC(=O)CC[C@]5(C)[C@H]4CC[C@]23C)CCN1c1cc(C2([S@](C)(=N)=O)CC2)nc(-c2ccnc3[nH]ccc23)n1. The molecule has 6 aliphatic rings. The zero-order valence-electron chi connectivity index (χ0n) is 33.7. The third-order valence-corrected chi connectivity index (χ3v) is 18.3. The summed E-state index contributed by atoms with van der Waals surface area (Å²) in [6.45, 7) is 12.2. The predicted octanol–water partition coefficient (Wildman–Crippen LogP) is 8.36. The largest absolute Gasteiger partial charge is 0.378 e. The first-order valence-electron chi connectivity index (χ1n) is 21.6. The molecule has 55 heavy (non-hydrogen) atoms. The molecule has 5 aliphatic carbocycles. The summed E-state index contributed by atoms with van der Waals surface area (Å²) in [5.74, 6) is 5.04. The van der Waals surface area contributed by atoms with E-state index in [9.17, 15) is 9.00 Å². The van der Waals surface area contributed by atoms with Crippen LogP contribution >= 0.6 is 0 Å². The number of hydrogen-bond acceptors (Lipinski definition) is 9. The fraction of sp³-hybridized carbons (Fsp3) is 0.727. The number of pyridine rings is 1. The van der Waals surface area contributed by atoms with Gasteiger partial charge in [-0.3, -0.25) is 14.5 Å². The maximum absolute atomic E-state index is 13.2. The quantitative estimate of drug-likeness (QED) is 0.186. The van der Waals surface area contributed by atoms with E-state index in [1.165, 1.54) is 51.4 Å². The fourth-order valence-corrected chi connectivity index (χ4v) is 14.1. The molecule has 9 rings (SSSR count). The van der Waals surface area contributed by atoms with E-state index in [-0.39, 0.29) is 6.04 Å². The van der Waals surface area contributed by atoms with Gasteiger partial charge in [0.2, 0.25) is 0 Å². The molecule has 0 radical (unpaired) electrons. The second-order valence-electron chi connectivity index (χ2n) is 19.2. The van der Waals surface area contributed by atoms with Gasteiger partial charge in [-0.2, -0.15) is 0 Å². The Hall–Kier alpha value is -2.89. The molecule has 6 fully saturated rings. The lowest BCUT2D eigenvalue weighted by Crippen LogP contribution is -2.54. The van der Waals surface area contributed by atoms with Gasteiger partial charge in [0, 0.05) is 80.8 Å². The van der Waals surface area contributed by atoms with Gasteiger partial charge < -0.3 is 14.6 Å². The molecule has 11 heteroatoms. The van der Waals surface area contributed by atoms with Crippen LogP contribution in [-0.4, -0.2) is 86.0 Å². The van der Waals surface area contributed by atoms with Crippen LogP contribution in [0.15, 0.2) is 30.6 Å². The summed E-state index contributed by atoms with van der Waals surface area (Å²) in [7, 11) is -2.84. The first-order chi connectivity index (χ1) is 26.4. The van der Waals surface area contributed by atoms with Crippen LogP contribution in [0, 0.1) is 39.3 Å². The highest BCUT2D eigenvalue weighted by atomic mass is 32.2. The van der Waals surface area contributed by atoms with E-state index in [2.05, 4.69) is 40.5 Å². The summed E-state index contributed by atoms with van der Waals surface area (Å²) >= 11 is 0. The van der Waals surface area contributed by atoms with E-state index in [1.54, 1.807) is 12.5 Å². The molecular weight excluding hydrogens is 707 g/mol. The van der Waals surface area contributed by atoms with Gasteiger partial charge in [-0.1, -0.05) is 13.8 Å². The van der Waals surface area contributed by atoms with Crippen molar-refractivity contribution in [1.82, 2.24) is 24.8 Å². The van der Waals surface area contributed by atoms with Gasteiger partial charge in [-0.25, -0.2) is 19.2 Å². The van der Waals surface area contributed by atoms with Crippen LogP contribution in [0.25, 0.3) is 22.4 Å². The standard InChI is InChI=1S/C44H63N7O3S/c1-29-28-50(22-6-5-7-25-54-38-11-10-35-34-9-8-30-26-31(52)12-16-42(30,2)36(34)13-17-43(35,38)3)23-24-51(29)39-27-37(44(18-19-44)55(4,45)53)48-41(49-39)33-15-21-47-40-32(33)14-20-46-40/h14-15,20-21,27,29-30,34-36,38,45H,5-13,16-19,22-26,28H2,1-4H3,(H,46,47)/t29-,30+,34+,35+,36+,38+,42+,43+,55-/m1/s1. The third kappa shape index (κ3) is 6.56. The molecule has 3 aromatic heterocycles. The number of carbonyl (C=O) groups is 1. The highest BCUT2D eigenvalue weighted by Gasteiger charge is 2.60. The van der Waals surface area contributed by atoms with Crippen LogP contribution in [0.4, 0.5) is 5.82 Å². The Bertz CT molecular complexity index is 2030. The molecule has 1 aliphatic heterocycles. The van der Waals surface area contributed by atoms with Crippen LogP contribution in [0.1, 0.15) is 116 Å². The van der Waals surface area contributed by atoms with E-state index >= 15 is 0 Å². The highest BCUT2D eigenvalue weighted by molar-refractivity contribution is 7.93. The molecule has 3 aromatic rings. The van der Waals surface area contributed by atoms with E-state index in [1.807, 2.05) is 24.4 Å². The number of hydrogen-bond donors (Lipinski definition) is 2. The van der Waals surface area contributed by atoms with E-state index in [0.717, 1.165) is 117 Å². The second-order valence-corrected chi connectivity index (χ2v) is 21.6. The number of aromatic nitrogens is 4. The van der Waals surface area contributed by atoms with Crippen molar-refractivity contribution in [3.8, 4) is 11.4 Å². The van der Waals surface area contributed by atoms with Crippen molar-refractivity contribution in [2.45, 2.75) is 128 Å². The molecule has 9 atom stereocenters. The third-order valence-electron chi connectivity index (χ3n) is 16.2. The van der Waals surface area contributed by atoms with Crippen molar-refractivity contribution in [3.05, 3.63) is 36.3 Å². The van der Waals surface area contributed by atoms with Gasteiger partial charge in [0.25, 0.3) is 0 Å². The van der Waals surface area contributed by atoms with Crippen LogP contribution in [0.2, 0.25) is 0 Å². The number of H-pyrrole nitrogens is 1. The number of Topliss-reactive ketones (excluding diaryl/α,β-unsaturated/α-hetero) is 1. The lowest BCUT2D eigenvalue weighted by atomic mass is 9.45. The number of anilines is 1. The Morgan fingerprint density at radius 2 is 1.82 bits per heavy atom. The van der Waals surface area contributed by atoms with Gasteiger partial charge in [0.05, 0.1) is 26.3 Å². The minimum Gasteiger partial charge on any atom is -0.378 e. The van der Waals surface area contributed by atoms with Crippen LogP contribution in [0.3, 0.4) is 0 Å². The molecule has 5 saturated carbocycles. The molecule has 0 spiro atoms. The Kier molecular flexibility index (Phi) is 9.72. The molecular formula is C44H63N7O3S. The fourth-order valence-electron chi connectivity index (χ4n) is 12.7. The van der Waals surface area contributed by atoms with E-state index in [4.69, 9.17) is 19.5 Å². The molecule has 0 bridgehead atoms. The number of nitrogens with one attached hydrogen (secondary N) is 2. The summed E-state index contributed by atoms with van der Waals surface area (Å²) in [6, 6.07) is 6.25. The van der Waals surface area contributed by atoms with Crippen LogP contribution < -0.4 is 4.90 Å². The van der Waals surface area contributed by atoms with Gasteiger partial charge >= 0.3 is 0 Å². The number of carbonyl (C=O) groups excluding carboxylic acids is 1. The minimum absolute atomic E-state index is 0.263. The number of nitrogens with zero attached hydrogens (tertiary/aromatic N) is 5. The van der Waals surface area contributed by atoms with Crippen molar-refractivity contribution < 1.29 is 13.7 Å². The highest BCUT2D eigenvalue weighted by Crippen LogP contribution is 2.66. The lowest BCUT2D eigenvalue weighted by molar-refractivity contribution is -0.145. The smallest absolute Gasteiger partial charge is 0.162 e. The van der Waals surface area contributed by atoms with Gasteiger partial charge in [0.15, 0.2) is 5.82 Å². The normalized spacial score (nSPS) is 35.6. The number of unbranched alkanes of at least 4 members (excludes halogenated alkanes) is 2. The van der Waals surface area contributed by atoms with Crippen LogP contribution in [-0.2, 0) is 24.0 Å². The molecule has 2 N–H and O–H groups in total. The first-order valence-corrected chi connectivity index (χ1v) is 23.5. The molecule has 0 unspecified atom stereocenters.